The van der Waals surface area contributed by atoms with Gasteiger partial charge < -0.3 is 9.13 Å². The fourth-order valence-corrected chi connectivity index (χ4v) is 16.8. The monoisotopic (exact) mass is 1330 g/mol. The van der Waals surface area contributed by atoms with Gasteiger partial charge in [-0.15, -0.1) is 0 Å². The summed E-state index contributed by atoms with van der Waals surface area (Å²) in [5.74, 6) is 0.644. The number of aromatic nitrogens is 4. The zero-order chi connectivity index (χ0) is 70.6. The zero-order valence-electron chi connectivity index (χ0n) is 61.0. The molecule has 0 bridgehead atoms. The highest BCUT2D eigenvalue weighted by Gasteiger charge is 2.44. The van der Waals surface area contributed by atoms with Crippen molar-refractivity contribution in [2.75, 3.05) is 0 Å². The molecule has 0 saturated heterocycles. The Morgan fingerprint density at radius 3 is 0.883 bits per heavy atom. The van der Waals surface area contributed by atoms with Crippen molar-refractivity contribution in [1.82, 2.24) is 19.1 Å². The number of benzene rings is 13. The fraction of sp³-hybridized carbons (Fsp3) is 0.163. The van der Waals surface area contributed by atoms with E-state index in [1.54, 1.807) is 0 Å². The van der Waals surface area contributed by atoms with Gasteiger partial charge in [-0.25, -0.2) is 9.97 Å². The lowest BCUT2D eigenvalue weighted by Crippen LogP contribution is -2.59. The molecule has 0 fully saturated rings. The molecule has 0 spiro atoms. The lowest BCUT2D eigenvalue weighted by molar-refractivity contribution is 0.572. The van der Waals surface area contributed by atoms with Crippen LogP contribution >= 0.6 is 0 Å². The Bertz CT molecular complexity index is 5610. The molecule has 0 atom stereocenters. The van der Waals surface area contributed by atoms with Crippen molar-refractivity contribution >= 4 is 66.7 Å². The first kappa shape index (κ1) is 63.8. The standard InChI is InChI=1S/C98H83BN4/c1-95(2,3)73-55-77(97(7,8)9)89-83(57-73)102-85-53-72(94-100-81(70-49-66(60-31-19-13-20-32-60)47-67(50-70)61-33-21-14-22-34-61)59-82(101-94)71-51-68(62-35-23-15-24-36-62)48-69(52-71)63-37-25-16-26-38-63)54-86-91(85)99(79-45-43-75(87(89)92(79)102)64-39-27-17-28-40-64)80-46-44-76(65-41-29-18-30-42-65)88-90-78(98(10,11)12)56-74(96(4,5)6)58-84(90)103(86)93(80)88/h13-59H,1-12H3. The van der Waals surface area contributed by atoms with E-state index in [1.807, 2.05) is 0 Å². The predicted octanol–water partition coefficient (Wildman–Crippen LogP) is 24.0. The van der Waals surface area contributed by atoms with Crippen molar-refractivity contribution in [3.05, 3.63) is 307 Å². The molecule has 0 unspecified atom stereocenters. The summed E-state index contributed by atoms with van der Waals surface area (Å²) in [6.45, 7) is 28.5. The first-order valence-corrected chi connectivity index (χ1v) is 36.6. The Hall–Kier alpha value is -11.4. The second kappa shape index (κ2) is 23.6. The molecule has 5 heteroatoms. The molecule has 4 nitrogen and oxygen atoms in total. The summed E-state index contributed by atoms with van der Waals surface area (Å²) in [4.78, 5) is 12.1. The van der Waals surface area contributed by atoms with Crippen LogP contribution in [0, 0.1) is 0 Å². The summed E-state index contributed by atoms with van der Waals surface area (Å²) < 4.78 is 5.41. The molecule has 498 valence electrons. The van der Waals surface area contributed by atoms with Crippen LogP contribution in [0.15, 0.2) is 285 Å². The minimum absolute atomic E-state index is 0.162. The SMILES string of the molecule is CC(C)(C)c1cc(C(C)(C)C)c2c3c(-c4ccccc4)ccc4c3n(c2c1)-c1cc(-c2nc(-c3cc(-c5ccccc5)cc(-c5ccccc5)c3)cc(-c3cc(-c5ccccc5)cc(-c5ccccc5)c3)n2)cc2c1B4c1ccc(-c3ccccc3)c3c4c(C(C)(C)C)cc(C(C)(C)C)cc4n-2c13. The van der Waals surface area contributed by atoms with Gasteiger partial charge in [0, 0.05) is 49.6 Å². The van der Waals surface area contributed by atoms with Crippen molar-refractivity contribution in [2.24, 2.45) is 0 Å². The third-order valence-corrected chi connectivity index (χ3v) is 22.0. The van der Waals surface area contributed by atoms with Crippen LogP contribution in [0.4, 0.5) is 0 Å². The topological polar surface area (TPSA) is 35.6 Å². The first-order chi connectivity index (χ1) is 49.6. The van der Waals surface area contributed by atoms with Gasteiger partial charge in [0.2, 0.25) is 0 Å². The molecule has 2 aliphatic heterocycles. The maximum Gasteiger partial charge on any atom is 0.252 e. The molecule has 5 heterocycles. The average Bonchev–Trinajstić information content (AvgIpc) is 1.53. The number of nitrogens with zero attached hydrogens (tertiary/aromatic N) is 4. The van der Waals surface area contributed by atoms with Crippen LogP contribution in [-0.4, -0.2) is 25.8 Å². The molecular weight excluding hydrogens is 1240 g/mol. The highest BCUT2D eigenvalue weighted by Crippen LogP contribution is 2.51. The van der Waals surface area contributed by atoms with E-state index < -0.39 is 0 Å². The van der Waals surface area contributed by atoms with Gasteiger partial charge in [-0.2, -0.15) is 0 Å². The summed E-state index contributed by atoms with van der Waals surface area (Å²) >= 11 is 0. The number of hydrogen-bond acceptors (Lipinski definition) is 2. The van der Waals surface area contributed by atoms with Gasteiger partial charge in [0.25, 0.3) is 6.71 Å². The molecule has 18 rings (SSSR count). The van der Waals surface area contributed by atoms with Crippen molar-refractivity contribution in [2.45, 2.75) is 105 Å². The van der Waals surface area contributed by atoms with E-state index >= 15 is 0 Å². The predicted molar refractivity (Wildman–Crippen MR) is 439 cm³/mol. The van der Waals surface area contributed by atoms with Crippen molar-refractivity contribution in [3.8, 4) is 112 Å². The third-order valence-electron chi connectivity index (χ3n) is 22.0. The molecule has 13 aromatic carbocycles. The van der Waals surface area contributed by atoms with Gasteiger partial charge in [0.15, 0.2) is 5.82 Å². The highest BCUT2D eigenvalue weighted by molar-refractivity contribution is 7.00. The Kier molecular flexibility index (Phi) is 14.6. The van der Waals surface area contributed by atoms with Crippen LogP contribution in [0.5, 0.6) is 0 Å². The van der Waals surface area contributed by atoms with Gasteiger partial charge in [0.05, 0.1) is 33.5 Å². The fourth-order valence-electron chi connectivity index (χ4n) is 16.8. The maximum absolute atomic E-state index is 6.04. The minimum Gasteiger partial charge on any atom is -0.310 e. The zero-order valence-corrected chi connectivity index (χ0v) is 61.0. The molecule has 2 aliphatic rings. The Morgan fingerprint density at radius 1 is 0.262 bits per heavy atom. The first-order valence-electron chi connectivity index (χ1n) is 36.6. The molecule has 0 aliphatic carbocycles. The lowest BCUT2D eigenvalue weighted by Gasteiger charge is -2.34. The van der Waals surface area contributed by atoms with Crippen LogP contribution in [0.25, 0.3) is 156 Å². The average molecular weight is 1330 g/mol. The van der Waals surface area contributed by atoms with E-state index in [0.717, 1.165) is 84.0 Å². The summed E-state index contributed by atoms with van der Waals surface area (Å²) in [7, 11) is 0. The van der Waals surface area contributed by atoms with Crippen LogP contribution in [-0.2, 0) is 21.7 Å². The third kappa shape index (κ3) is 10.6. The van der Waals surface area contributed by atoms with Gasteiger partial charge in [-0.05, 0) is 194 Å². The van der Waals surface area contributed by atoms with E-state index in [4.69, 9.17) is 9.97 Å². The molecule has 0 amide bonds. The number of rotatable bonds is 9. The number of fused-ring (bicyclic) bond motifs is 10. The Morgan fingerprint density at radius 2 is 0.573 bits per heavy atom. The smallest absolute Gasteiger partial charge is 0.252 e. The summed E-state index contributed by atoms with van der Waals surface area (Å²) in [5, 5.41) is 5.17. The minimum atomic E-state index is -0.229. The molecule has 16 aromatic rings. The van der Waals surface area contributed by atoms with E-state index in [1.165, 1.54) is 105 Å². The Labute approximate surface area is 606 Å². The van der Waals surface area contributed by atoms with Crippen molar-refractivity contribution in [1.29, 1.82) is 0 Å². The van der Waals surface area contributed by atoms with Gasteiger partial charge in [-0.1, -0.05) is 301 Å². The molecule has 0 radical (unpaired) electrons. The number of hydrogen-bond donors (Lipinski definition) is 0. The van der Waals surface area contributed by atoms with Crippen molar-refractivity contribution < 1.29 is 0 Å². The van der Waals surface area contributed by atoms with E-state index in [2.05, 4.69) is 377 Å². The van der Waals surface area contributed by atoms with Gasteiger partial charge in [-0.3, -0.25) is 0 Å². The molecule has 0 saturated carbocycles. The van der Waals surface area contributed by atoms with E-state index in [9.17, 15) is 0 Å². The summed E-state index contributed by atoms with van der Waals surface area (Å²) in [5.41, 5.74) is 34.1. The van der Waals surface area contributed by atoms with Crippen LogP contribution in [0.2, 0.25) is 0 Å². The lowest BCUT2D eigenvalue weighted by atomic mass is 9.34. The maximum atomic E-state index is 6.04. The normalized spacial score (nSPS) is 12.8. The molecule has 0 N–H and O–H groups in total. The van der Waals surface area contributed by atoms with Crippen LogP contribution < -0.4 is 16.4 Å². The Balaban J connectivity index is 1.04. The van der Waals surface area contributed by atoms with E-state index in [0.29, 0.717) is 5.82 Å². The summed E-state index contributed by atoms with van der Waals surface area (Å²) in [6, 6.07) is 107. The van der Waals surface area contributed by atoms with Crippen LogP contribution in [0.3, 0.4) is 0 Å². The highest BCUT2D eigenvalue weighted by atomic mass is 15.0. The largest absolute Gasteiger partial charge is 0.310 e. The van der Waals surface area contributed by atoms with Gasteiger partial charge in [0.1, 0.15) is 0 Å². The molecule has 103 heavy (non-hydrogen) atoms. The quantitative estimate of drug-likeness (QED) is 0.135. The molecular formula is C98H83BN4. The second-order valence-electron chi connectivity index (χ2n) is 33.0. The molecule has 3 aromatic heterocycles. The van der Waals surface area contributed by atoms with Gasteiger partial charge >= 0.3 is 0 Å². The summed E-state index contributed by atoms with van der Waals surface area (Å²) in [6.07, 6.45) is 0. The van der Waals surface area contributed by atoms with E-state index in [-0.39, 0.29) is 28.4 Å². The second-order valence-corrected chi connectivity index (χ2v) is 33.0. The van der Waals surface area contributed by atoms with Crippen molar-refractivity contribution in [3.63, 3.8) is 0 Å². The van der Waals surface area contributed by atoms with Crippen LogP contribution in [0.1, 0.15) is 105 Å².